The number of pyridine rings is 1. The molecule has 2 amide bonds. The number of ether oxygens (including phenoxy) is 1. The van der Waals surface area contributed by atoms with Gasteiger partial charge in [-0.2, -0.15) is 0 Å². The van der Waals surface area contributed by atoms with Crippen molar-refractivity contribution >= 4 is 22.5 Å². The molecule has 7 heteroatoms. The van der Waals surface area contributed by atoms with Gasteiger partial charge in [-0.15, -0.1) is 11.3 Å². The summed E-state index contributed by atoms with van der Waals surface area (Å²) in [5.41, 5.74) is 0.814. The summed E-state index contributed by atoms with van der Waals surface area (Å²) < 4.78 is 5.09. The van der Waals surface area contributed by atoms with Crippen LogP contribution in [0.2, 0.25) is 0 Å². The summed E-state index contributed by atoms with van der Waals surface area (Å²) in [5.74, 6) is 0.507. The Morgan fingerprint density at radius 1 is 1.44 bits per heavy atom. The van der Waals surface area contributed by atoms with Crippen LogP contribution >= 0.6 is 11.3 Å². The van der Waals surface area contributed by atoms with Crippen molar-refractivity contribution in [3.8, 4) is 5.88 Å². The number of aromatic nitrogens is 2. The molecule has 6 nitrogen and oxygen atoms in total. The van der Waals surface area contributed by atoms with Crippen LogP contribution in [0.5, 0.6) is 5.88 Å². The molecule has 0 bridgehead atoms. The molecule has 2 aromatic heterocycles. The Morgan fingerprint density at radius 2 is 2.33 bits per heavy atom. The summed E-state index contributed by atoms with van der Waals surface area (Å²) in [6.07, 6.45) is 3.27. The SMILES string of the molecule is COc1ncccc1CNC(=O)Nc1nccs1. The van der Waals surface area contributed by atoms with Crippen LogP contribution in [0.1, 0.15) is 5.56 Å². The number of thiazole rings is 1. The van der Waals surface area contributed by atoms with Crippen molar-refractivity contribution in [3.63, 3.8) is 0 Å². The molecule has 2 heterocycles. The fourth-order valence-electron chi connectivity index (χ4n) is 1.34. The summed E-state index contributed by atoms with van der Waals surface area (Å²) in [5, 5.41) is 7.69. The largest absolute Gasteiger partial charge is 0.481 e. The first kappa shape index (κ1) is 12.3. The summed E-state index contributed by atoms with van der Waals surface area (Å²) in [6, 6.07) is 3.32. The van der Waals surface area contributed by atoms with Crippen LogP contribution < -0.4 is 15.4 Å². The highest BCUT2D eigenvalue weighted by molar-refractivity contribution is 7.13. The van der Waals surface area contributed by atoms with Gasteiger partial charge in [0, 0.05) is 29.9 Å². The normalized spacial score (nSPS) is 9.83. The van der Waals surface area contributed by atoms with Gasteiger partial charge in [-0.05, 0) is 6.07 Å². The van der Waals surface area contributed by atoms with E-state index >= 15 is 0 Å². The highest BCUT2D eigenvalue weighted by atomic mass is 32.1. The van der Waals surface area contributed by atoms with Crippen molar-refractivity contribution in [2.45, 2.75) is 6.54 Å². The molecule has 0 spiro atoms. The minimum Gasteiger partial charge on any atom is -0.481 e. The second-order valence-corrected chi connectivity index (χ2v) is 4.21. The number of nitrogens with zero attached hydrogens (tertiary/aromatic N) is 2. The maximum atomic E-state index is 11.6. The molecule has 18 heavy (non-hydrogen) atoms. The van der Waals surface area contributed by atoms with Crippen LogP contribution in [0.4, 0.5) is 9.93 Å². The number of amides is 2. The zero-order valence-corrected chi connectivity index (χ0v) is 10.5. The van der Waals surface area contributed by atoms with Crippen LogP contribution in [0, 0.1) is 0 Å². The van der Waals surface area contributed by atoms with Gasteiger partial charge in [0.1, 0.15) is 0 Å². The molecule has 0 aliphatic carbocycles. The maximum absolute atomic E-state index is 11.6. The van der Waals surface area contributed by atoms with Gasteiger partial charge in [0.15, 0.2) is 5.13 Å². The van der Waals surface area contributed by atoms with E-state index in [1.165, 1.54) is 11.3 Å². The predicted molar refractivity (Wildman–Crippen MR) is 68.8 cm³/mol. The van der Waals surface area contributed by atoms with Crippen molar-refractivity contribution in [1.82, 2.24) is 15.3 Å². The van der Waals surface area contributed by atoms with Gasteiger partial charge < -0.3 is 10.1 Å². The van der Waals surface area contributed by atoms with E-state index in [2.05, 4.69) is 20.6 Å². The third-order valence-electron chi connectivity index (χ3n) is 2.14. The minimum absolute atomic E-state index is 0.309. The van der Waals surface area contributed by atoms with Gasteiger partial charge in [-0.1, -0.05) is 6.07 Å². The van der Waals surface area contributed by atoms with E-state index in [1.54, 1.807) is 30.9 Å². The fourth-order valence-corrected chi connectivity index (χ4v) is 1.87. The van der Waals surface area contributed by atoms with Crippen molar-refractivity contribution < 1.29 is 9.53 Å². The van der Waals surface area contributed by atoms with Crippen LogP contribution in [0.15, 0.2) is 29.9 Å². The van der Waals surface area contributed by atoms with E-state index in [4.69, 9.17) is 4.74 Å². The molecular formula is C11H12N4O2S. The average Bonchev–Trinajstić information content (AvgIpc) is 2.89. The quantitative estimate of drug-likeness (QED) is 0.883. The standard InChI is InChI=1S/C11H12N4O2S/c1-17-9-8(3-2-4-12-9)7-14-10(16)15-11-13-5-6-18-11/h2-6H,7H2,1H3,(H2,13,14,15,16). The van der Waals surface area contributed by atoms with E-state index in [0.29, 0.717) is 17.6 Å². The first-order valence-electron chi connectivity index (χ1n) is 5.22. The van der Waals surface area contributed by atoms with E-state index in [0.717, 1.165) is 5.56 Å². The number of anilines is 1. The molecule has 0 aliphatic rings. The lowest BCUT2D eigenvalue weighted by atomic mass is 10.3. The van der Waals surface area contributed by atoms with E-state index < -0.39 is 0 Å². The average molecular weight is 264 g/mol. The Bertz CT molecular complexity index is 516. The molecule has 0 saturated carbocycles. The first-order chi connectivity index (χ1) is 8.79. The van der Waals surface area contributed by atoms with Crippen LogP contribution in [-0.4, -0.2) is 23.1 Å². The summed E-state index contributed by atoms with van der Waals surface area (Å²) in [6.45, 7) is 0.341. The lowest BCUT2D eigenvalue weighted by Crippen LogP contribution is -2.28. The maximum Gasteiger partial charge on any atom is 0.321 e. The van der Waals surface area contributed by atoms with Crippen molar-refractivity contribution in [2.75, 3.05) is 12.4 Å². The number of hydrogen-bond acceptors (Lipinski definition) is 5. The van der Waals surface area contributed by atoms with Crippen LogP contribution in [0.3, 0.4) is 0 Å². The lowest BCUT2D eigenvalue weighted by Gasteiger charge is -2.08. The van der Waals surface area contributed by atoms with E-state index in [-0.39, 0.29) is 6.03 Å². The Labute approximate surface area is 108 Å². The molecule has 0 saturated heterocycles. The number of urea groups is 1. The summed E-state index contributed by atoms with van der Waals surface area (Å²) >= 11 is 1.36. The predicted octanol–water partition coefficient (Wildman–Crippen LogP) is 1.87. The van der Waals surface area contributed by atoms with Crippen molar-refractivity contribution in [2.24, 2.45) is 0 Å². The zero-order valence-electron chi connectivity index (χ0n) is 9.71. The third-order valence-corrected chi connectivity index (χ3v) is 2.82. The van der Waals surface area contributed by atoms with Gasteiger partial charge >= 0.3 is 6.03 Å². The van der Waals surface area contributed by atoms with Crippen molar-refractivity contribution in [1.29, 1.82) is 0 Å². The van der Waals surface area contributed by atoms with Gasteiger partial charge in [0.2, 0.25) is 5.88 Å². The Kier molecular flexibility index (Phi) is 4.08. The number of methoxy groups -OCH3 is 1. The highest BCUT2D eigenvalue weighted by Crippen LogP contribution is 2.13. The minimum atomic E-state index is -0.309. The Morgan fingerprint density at radius 3 is 3.06 bits per heavy atom. The topological polar surface area (TPSA) is 76.1 Å². The zero-order chi connectivity index (χ0) is 12.8. The Balaban J connectivity index is 1.89. The summed E-state index contributed by atoms with van der Waals surface area (Å²) in [4.78, 5) is 19.6. The molecule has 94 valence electrons. The van der Waals surface area contributed by atoms with Crippen molar-refractivity contribution in [3.05, 3.63) is 35.5 Å². The number of carbonyl (C=O) groups excluding carboxylic acids is 1. The third kappa shape index (κ3) is 3.17. The Hall–Kier alpha value is -2.15. The number of rotatable bonds is 4. The smallest absolute Gasteiger partial charge is 0.321 e. The van der Waals surface area contributed by atoms with Crippen LogP contribution in [0.25, 0.3) is 0 Å². The van der Waals surface area contributed by atoms with E-state index in [1.807, 2.05) is 6.07 Å². The highest BCUT2D eigenvalue weighted by Gasteiger charge is 2.06. The van der Waals surface area contributed by atoms with E-state index in [9.17, 15) is 4.79 Å². The molecule has 0 fully saturated rings. The summed E-state index contributed by atoms with van der Waals surface area (Å²) in [7, 11) is 1.54. The molecule has 2 aromatic rings. The molecule has 2 rings (SSSR count). The molecule has 2 N–H and O–H groups in total. The second kappa shape index (κ2) is 5.97. The number of carbonyl (C=O) groups is 1. The number of hydrogen-bond donors (Lipinski definition) is 2. The second-order valence-electron chi connectivity index (χ2n) is 3.32. The van der Waals surface area contributed by atoms with Gasteiger partial charge in [0.25, 0.3) is 0 Å². The molecule has 0 radical (unpaired) electrons. The molecule has 0 unspecified atom stereocenters. The van der Waals surface area contributed by atoms with Gasteiger partial charge in [0.05, 0.1) is 7.11 Å². The van der Waals surface area contributed by atoms with Gasteiger partial charge in [-0.25, -0.2) is 14.8 Å². The van der Waals surface area contributed by atoms with Gasteiger partial charge in [-0.3, -0.25) is 5.32 Å². The molecule has 0 aromatic carbocycles. The first-order valence-corrected chi connectivity index (χ1v) is 6.10. The molecule has 0 aliphatic heterocycles. The number of nitrogens with one attached hydrogen (secondary N) is 2. The molecular weight excluding hydrogens is 252 g/mol. The lowest BCUT2D eigenvalue weighted by molar-refractivity contribution is 0.251. The monoisotopic (exact) mass is 264 g/mol. The molecule has 0 atom stereocenters. The van der Waals surface area contributed by atoms with Crippen LogP contribution in [-0.2, 0) is 6.54 Å². The fraction of sp³-hybridized carbons (Fsp3) is 0.182.